The van der Waals surface area contributed by atoms with Crippen LogP contribution in [0.4, 0.5) is 0 Å². The molecule has 3 rings (SSSR count). The van der Waals surface area contributed by atoms with Crippen molar-refractivity contribution in [1.82, 2.24) is 10.6 Å². The van der Waals surface area contributed by atoms with E-state index in [2.05, 4.69) is 38.7 Å². The predicted molar refractivity (Wildman–Crippen MR) is 96.9 cm³/mol. The number of benzene rings is 1. The fourth-order valence-corrected chi connectivity index (χ4v) is 3.71. The summed E-state index contributed by atoms with van der Waals surface area (Å²) in [6, 6.07) is 8.61. The highest BCUT2D eigenvalue weighted by molar-refractivity contribution is 9.10. The number of hydrogen-bond donors (Lipinski definition) is 2. The first-order valence-electron chi connectivity index (χ1n) is 8.06. The van der Waals surface area contributed by atoms with Crippen molar-refractivity contribution in [3.05, 3.63) is 34.3 Å². The molecule has 2 heterocycles. The van der Waals surface area contributed by atoms with Crippen LogP contribution in [0, 0.1) is 0 Å². The zero-order valence-corrected chi connectivity index (χ0v) is 15.5. The van der Waals surface area contributed by atoms with E-state index < -0.39 is 0 Å². The van der Waals surface area contributed by atoms with Crippen LogP contribution in [0.5, 0.6) is 0 Å². The highest BCUT2D eigenvalue weighted by Crippen LogP contribution is 2.33. The molecule has 2 N–H and O–H groups in total. The van der Waals surface area contributed by atoms with Gasteiger partial charge < -0.3 is 15.4 Å². The number of rotatable bonds is 4. The number of amides is 1. The molecular weight excluding hydrogens is 380 g/mol. The molecule has 2 fully saturated rings. The molecule has 2 saturated heterocycles. The van der Waals surface area contributed by atoms with E-state index in [1.807, 2.05) is 12.1 Å². The topological polar surface area (TPSA) is 50.4 Å². The van der Waals surface area contributed by atoms with Gasteiger partial charge in [-0.1, -0.05) is 28.1 Å². The Morgan fingerprint density at radius 1 is 1.30 bits per heavy atom. The number of hydrogen-bond acceptors (Lipinski definition) is 3. The lowest BCUT2D eigenvalue weighted by Crippen LogP contribution is -2.50. The Labute approximate surface area is 152 Å². The molecule has 1 aromatic carbocycles. The van der Waals surface area contributed by atoms with Crippen LogP contribution in [0.1, 0.15) is 37.7 Å². The molecule has 0 aromatic heterocycles. The first-order valence-corrected chi connectivity index (χ1v) is 8.85. The third-order valence-electron chi connectivity index (χ3n) is 4.72. The Morgan fingerprint density at radius 3 is 2.61 bits per heavy atom. The van der Waals surface area contributed by atoms with E-state index in [4.69, 9.17) is 4.74 Å². The Hall–Kier alpha value is -0.620. The van der Waals surface area contributed by atoms with Crippen molar-refractivity contribution in [1.29, 1.82) is 0 Å². The maximum absolute atomic E-state index is 12.5. The van der Waals surface area contributed by atoms with Crippen molar-refractivity contribution in [3.63, 3.8) is 0 Å². The van der Waals surface area contributed by atoms with Gasteiger partial charge in [0, 0.05) is 30.1 Å². The lowest BCUT2D eigenvalue weighted by Gasteiger charge is -2.39. The van der Waals surface area contributed by atoms with Gasteiger partial charge in [-0.3, -0.25) is 4.79 Å². The second kappa shape index (κ2) is 8.47. The zero-order valence-electron chi connectivity index (χ0n) is 13.1. The second-order valence-electron chi connectivity index (χ2n) is 6.25. The van der Waals surface area contributed by atoms with Crippen molar-refractivity contribution in [2.75, 3.05) is 19.8 Å². The van der Waals surface area contributed by atoms with E-state index in [1.165, 1.54) is 12.0 Å². The average Bonchev–Trinajstić information content (AvgIpc) is 3.01. The molecule has 23 heavy (non-hydrogen) atoms. The summed E-state index contributed by atoms with van der Waals surface area (Å²) >= 11 is 3.48. The quantitative estimate of drug-likeness (QED) is 0.812. The Morgan fingerprint density at radius 2 is 2.00 bits per heavy atom. The maximum atomic E-state index is 12.5. The van der Waals surface area contributed by atoms with E-state index in [1.54, 1.807) is 0 Å². The van der Waals surface area contributed by atoms with Gasteiger partial charge in [0.1, 0.15) is 0 Å². The van der Waals surface area contributed by atoms with Crippen molar-refractivity contribution in [2.45, 2.75) is 43.7 Å². The van der Waals surface area contributed by atoms with E-state index in [0.29, 0.717) is 25.7 Å². The molecule has 1 amide bonds. The minimum Gasteiger partial charge on any atom is -0.381 e. The number of carbonyl (C=O) groups excluding carboxylic acids is 1. The van der Waals surface area contributed by atoms with E-state index >= 15 is 0 Å². The largest absolute Gasteiger partial charge is 0.381 e. The number of carbonyl (C=O) groups is 1. The Kier molecular flexibility index (Phi) is 6.89. The third-order valence-corrected chi connectivity index (χ3v) is 5.24. The van der Waals surface area contributed by atoms with Crippen LogP contribution in [0.15, 0.2) is 28.7 Å². The SMILES string of the molecule is Cl.O=C(CC1CCCN1)NC1(c2ccc(Br)cc2)CCOCC1. The van der Waals surface area contributed by atoms with Crippen molar-refractivity contribution in [2.24, 2.45) is 0 Å². The van der Waals surface area contributed by atoms with E-state index in [0.717, 1.165) is 30.3 Å². The van der Waals surface area contributed by atoms with Gasteiger partial charge in [-0.25, -0.2) is 0 Å². The minimum atomic E-state index is -0.283. The summed E-state index contributed by atoms with van der Waals surface area (Å²) in [6.45, 7) is 2.42. The van der Waals surface area contributed by atoms with Crippen molar-refractivity contribution >= 4 is 34.2 Å². The van der Waals surface area contributed by atoms with Crippen LogP contribution in [0.2, 0.25) is 0 Å². The highest BCUT2D eigenvalue weighted by Gasteiger charge is 2.36. The third kappa shape index (κ3) is 4.69. The molecule has 0 bridgehead atoms. The Bertz CT molecular complexity index is 512. The normalized spacial score (nSPS) is 23.1. The van der Waals surface area contributed by atoms with Crippen LogP contribution in [0.25, 0.3) is 0 Å². The van der Waals surface area contributed by atoms with Gasteiger partial charge in [-0.2, -0.15) is 0 Å². The summed E-state index contributed by atoms with van der Waals surface area (Å²) in [5, 5.41) is 6.71. The van der Waals surface area contributed by atoms with Crippen LogP contribution >= 0.6 is 28.3 Å². The molecule has 1 atom stereocenters. The Balaban J connectivity index is 0.00000192. The summed E-state index contributed by atoms with van der Waals surface area (Å²) in [7, 11) is 0. The summed E-state index contributed by atoms with van der Waals surface area (Å²) in [6.07, 6.45) is 4.50. The first-order chi connectivity index (χ1) is 10.7. The van der Waals surface area contributed by atoms with Gasteiger partial charge in [0.15, 0.2) is 0 Å². The molecule has 128 valence electrons. The molecule has 0 radical (unpaired) electrons. The monoisotopic (exact) mass is 402 g/mol. The predicted octanol–water partition coefficient (Wildman–Crippen LogP) is 3.13. The lowest BCUT2D eigenvalue weighted by atomic mass is 9.82. The minimum absolute atomic E-state index is 0. The molecule has 0 spiro atoms. The van der Waals surface area contributed by atoms with Crippen LogP contribution in [-0.4, -0.2) is 31.7 Å². The van der Waals surface area contributed by atoms with Gasteiger partial charge in [-0.15, -0.1) is 12.4 Å². The molecule has 0 aliphatic carbocycles. The van der Waals surface area contributed by atoms with Crippen LogP contribution < -0.4 is 10.6 Å². The standard InChI is InChI=1S/C17H23BrN2O2.ClH/c18-14-5-3-13(4-6-14)17(7-10-22-11-8-17)20-16(21)12-15-2-1-9-19-15;/h3-6,15,19H,1-2,7-12H2,(H,20,21);1H. The second-order valence-corrected chi connectivity index (χ2v) is 7.16. The molecule has 4 nitrogen and oxygen atoms in total. The van der Waals surface area contributed by atoms with Gasteiger partial charge in [-0.05, 0) is 49.9 Å². The molecule has 0 saturated carbocycles. The highest BCUT2D eigenvalue weighted by atomic mass is 79.9. The molecule has 2 aliphatic rings. The van der Waals surface area contributed by atoms with Gasteiger partial charge >= 0.3 is 0 Å². The molecule has 2 aliphatic heterocycles. The summed E-state index contributed by atoms with van der Waals surface area (Å²) in [4.78, 5) is 12.5. The van der Waals surface area contributed by atoms with E-state index in [9.17, 15) is 4.79 Å². The smallest absolute Gasteiger partial charge is 0.222 e. The number of ether oxygens (including phenoxy) is 1. The number of nitrogens with one attached hydrogen (secondary N) is 2. The maximum Gasteiger partial charge on any atom is 0.222 e. The van der Waals surface area contributed by atoms with Crippen molar-refractivity contribution in [3.8, 4) is 0 Å². The van der Waals surface area contributed by atoms with Crippen LogP contribution in [0.3, 0.4) is 0 Å². The van der Waals surface area contributed by atoms with E-state index in [-0.39, 0.29) is 23.9 Å². The van der Waals surface area contributed by atoms with Gasteiger partial charge in [0.25, 0.3) is 0 Å². The van der Waals surface area contributed by atoms with Gasteiger partial charge in [0.2, 0.25) is 5.91 Å². The van der Waals surface area contributed by atoms with Crippen LogP contribution in [-0.2, 0) is 15.1 Å². The zero-order chi connectivity index (χ0) is 15.4. The molecule has 1 unspecified atom stereocenters. The summed E-state index contributed by atoms with van der Waals surface area (Å²) < 4.78 is 6.57. The summed E-state index contributed by atoms with van der Waals surface area (Å²) in [5.41, 5.74) is 0.890. The summed E-state index contributed by atoms with van der Waals surface area (Å²) in [5.74, 6) is 0.143. The first kappa shape index (κ1) is 18.7. The number of halogens is 2. The molecular formula is C17H24BrClN2O2. The fraction of sp³-hybridized carbons (Fsp3) is 0.588. The van der Waals surface area contributed by atoms with Gasteiger partial charge in [0.05, 0.1) is 5.54 Å². The average molecular weight is 404 g/mol. The molecule has 1 aromatic rings. The fourth-order valence-electron chi connectivity index (χ4n) is 3.45. The lowest BCUT2D eigenvalue weighted by molar-refractivity contribution is -0.125. The molecule has 6 heteroatoms. The van der Waals surface area contributed by atoms with Crippen molar-refractivity contribution < 1.29 is 9.53 Å².